The highest BCUT2D eigenvalue weighted by Gasteiger charge is 2.90. The van der Waals surface area contributed by atoms with Crippen LogP contribution in [0.3, 0.4) is 0 Å². The Labute approximate surface area is 141 Å². The average Bonchev–Trinajstić information content (AvgIpc) is 2.88. The second kappa shape index (κ2) is 3.21. The van der Waals surface area contributed by atoms with Crippen molar-refractivity contribution < 1.29 is 14.7 Å². The highest BCUT2D eigenvalue weighted by molar-refractivity contribution is 5.94. The van der Waals surface area contributed by atoms with Crippen LogP contribution in [0, 0.1) is 39.9 Å². The number of carbonyl (C=O) groups is 2. The number of ketones is 2. The first-order chi connectivity index (χ1) is 11.4. The molecule has 0 aromatic carbocycles. The van der Waals surface area contributed by atoms with E-state index in [4.69, 9.17) is 0 Å². The summed E-state index contributed by atoms with van der Waals surface area (Å²) in [6.07, 6.45) is 2.67. The van der Waals surface area contributed by atoms with Crippen LogP contribution >= 0.6 is 0 Å². The maximum atomic E-state index is 13.5. The molecule has 3 aliphatic heterocycles. The smallest absolute Gasteiger partial charge is 0.146 e. The van der Waals surface area contributed by atoms with Crippen LogP contribution in [-0.4, -0.2) is 46.3 Å². The van der Waals surface area contributed by atoms with Gasteiger partial charge in [0.2, 0.25) is 0 Å². The third kappa shape index (κ3) is 0.911. The molecule has 11 atom stereocenters. The van der Waals surface area contributed by atoms with Crippen molar-refractivity contribution in [1.82, 2.24) is 4.90 Å². The topological polar surface area (TPSA) is 57.6 Å². The zero-order valence-corrected chi connectivity index (χ0v) is 14.0. The number of piperidine rings is 2. The average molecular weight is 325 g/mol. The van der Waals surface area contributed by atoms with E-state index in [1.54, 1.807) is 0 Å². The fraction of sp³-hybridized carbons (Fsp3) is 0.800. The summed E-state index contributed by atoms with van der Waals surface area (Å²) >= 11 is 0. The molecular formula is C20H23NO3. The van der Waals surface area contributed by atoms with Crippen LogP contribution in [0.15, 0.2) is 12.2 Å². The Bertz CT molecular complexity index is 790. The van der Waals surface area contributed by atoms with Gasteiger partial charge in [-0.15, -0.1) is 0 Å². The van der Waals surface area contributed by atoms with E-state index >= 15 is 0 Å². The molecule has 6 saturated carbocycles. The van der Waals surface area contributed by atoms with E-state index in [0.29, 0.717) is 30.6 Å². The van der Waals surface area contributed by atoms with Gasteiger partial charge in [0, 0.05) is 48.7 Å². The Hall–Kier alpha value is -1.00. The van der Waals surface area contributed by atoms with Gasteiger partial charge in [-0.05, 0) is 29.6 Å². The predicted molar refractivity (Wildman–Crippen MR) is 84.8 cm³/mol. The third-order valence-corrected chi connectivity index (χ3v) is 9.70. The minimum absolute atomic E-state index is 0.00836. The summed E-state index contributed by atoms with van der Waals surface area (Å²) in [4.78, 5) is 28.9. The molecular weight excluding hydrogens is 302 g/mol. The third-order valence-electron chi connectivity index (χ3n) is 9.70. The van der Waals surface area contributed by atoms with Gasteiger partial charge in [0.15, 0.2) is 0 Å². The molecule has 9 bridgehead atoms. The van der Waals surface area contributed by atoms with Crippen molar-refractivity contribution in [2.24, 2.45) is 39.9 Å². The SMILES string of the molecule is C=C1C[C@]23C[C@H]4[C@@H]5[C@@]6(C)CC(=O)C[C@]57C(C2C(O)[C@H]1C(=O)[C@H]37)N4C6. The maximum Gasteiger partial charge on any atom is 0.146 e. The summed E-state index contributed by atoms with van der Waals surface area (Å²) in [6, 6.07) is 0.795. The minimum atomic E-state index is -0.567. The number of hydrogen-bond acceptors (Lipinski definition) is 4. The van der Waals surface area contributed by atoms with Gasteiger partial charge < -0.3 is 5.11 Å². The first kappa shape index (κ1) is 13.2. The first-order valence-electron chi connectivity index (χ1n) is 9.52. The number of aliphatic hydroxyl groups excluding tert-OH is 1. The van der Waals surface area contributed by atoms with Gasteiger partial charge in [0.25, 0.3) is 0 Å². The van der Waals surface area contributed by atoms with Crippen molar-refractivity contribution in [1.29, 1.82) is 0 Å². The number of nitrogens with zero attached hydrogens (tertiary/aromatic N) is 1. The molecule has 9 aliphatic rings. The highest BCUT2D eigenvalue weighted by Crippen LogP contribution is 2.86. The lowest BCUT2D eigenvalue weighted by Gasteiger charge is -2.62. The van der Waals surface area contributed by atoms with E-state index in [-0.39, 0.29) is 45.8 Å². The molecule has 9 rings (SSSR count). The Kier molecular flexibility index (Phi) is 1.77. The lowest BCUT2D eigenvalue weighted by atomic mass is 9.40. The largest absolute Gasteiger partial charge is 0.392 e. The van der Waals surface area contributed by atoms with Gasteiger partial charge in [0.1, 0.15) is 11.6 Å². The van der Waals surface area contributed by atoms with Crippen LogP contribution in [0.1, 0.15) is 32.6 Å². The van der Waals surface area contributed by atoms with Crippen molar-refractivity contribution in [3.63, 3.8) is 0 Å². The van der Waals surface area contributed by atoms with E-state index in [1.165, 1.54) is 0 Å². The molecule has 0 aromatic rings. The Morgan fingerprint density at radius 2 is 2.04 bits per heavy atom. The molecule has 0 radical (unpaired) electrons. The van der Waals surface area contributed by atoms with Gasteiger partial charge >= 0.3 is 0 Å². The fourth-order valence-corrected chi connectivity index (χ4v) is 10.1. The summed E-state index contributed by atoms with van der Waals surface area (Å²) in [5, 5.41) is 11.1. The zero-order chi connectivity index (χ0) is 16.4. The lowest BCUT2D eigenvalue weighted by molar-refractivity contribution is -0.174. The molecule has 3 heterocycles. The summed E-state index contributed by atoms with van der Waals surface area (Å²) in [6.45, 7) is 7.46. The molecule has 4 nitrogen and oxygen atoms in total. The first-order valence-corrected chi connectivity index (χ1v) is 9.52. The normalized spacial score (nSPS) is 70.0. The summed E-state index contributed by atoms with van der Waals surface area (Å²) in [5.74, 6) is 0.920. The van der Waals surface area contributed by atoms with Gasteiger partial charge in [-0.1, -0.05) is 19.1 Å². The van der Waals surface area contributed by atoms with E-state index in [0.717, 1.165) is 25.0 Å². The van der Waals surface area contributed by atoms with Crippen LogP contribution in [0.25, 0.3) is 0 Å². The predicted octanol–water partition coefficient (Wildman–Crippen LogP) is 1.18. The van der Waals surface area contributed by atoms with Crippen molar-refractivity contribution in [3.8, 4) is 0 Å². The van der Waals surface area contributed by atoms with Gasteiger partial charge in [-0.3, -0.25) is 14.5 Å². The number of aliphatic hydroxyl groups is 1. The quantitative estimate of drug-likeness (QED) is 0.680. The molecule has 4 heteroatoms. The fourth-order valence-electron chi connectivity index (χ4n) is 10.1. The standard InChI is InChI=1S/C20H23NO3/c1-8-3-19-6-10-15-18(2)4-9(22)5-20(15)16(19)14(24)11(8)13(23)12(19)17(20)21(10)7-18/h10-13,15-17,23H,1,3-7H2,2H3/t10-,11-,12?,13?,15+,16+,17?,18-,19-,20-/m0/s1. The van der Waals surface area contributed by atoms with E-state index in [1.807, 2.05) is 0 Å². The Morgan fingerprint density at radius 1 is 1.25 bits per heavy atom. The molecule has 1 N–H and O–H groups in total. The second-order valence-corrected chi connectivity index (χ2v) is 10.4. The number of rotatable bonds is 0. The van der Waals surface area contributed by atoms with Crippen LogP contribution in [0.2, 0.25) is 0 Å². The van der Waals surface area contributed by atoms with E-state index in [9.17, 15) is 14.7 Å². The molecule has 6 aliphatic carbocycles. The second-order valence-electron chi connectivity index (χ2n) is 10.4. The summed E-state index contributed by atoms with van der Waals surface area (Å²) in [5.41, 5.74) is 0.763. The molecule has 4 unspecified atom stereocenters. The van der Waals surface area contributed by atoms with Gasteiger partial charge in [-0.25, -0.2) is 0 Å². The van der Waals surface area contributed by atoms with Crippen molar-refractivity contribution in [2.75, 3.05) is 6.54 Å². The number of fused-ring (bicyclic) bond motifs is 1. The van der Waals surface area contributed by atoms with E-state index < -0.39 is 6.10 Å². The summed E-state index contributed by atoms with van der Waals surface area (Å²) in [7, 11) is 0. The van der Waals surface area contributed by atoms with Gasteiger partial charge in [-0.2, -0.15) is 0 Å². The number of hydrogen-bond donors (Lipinski definition) is 1. The lowest BCUT2D eigenvalue weighted by Crippen LogP contribution is -2.66. The van der Waals surface area contributed by atoms with Crippen molar-refractivity contribution >= 4 is 11.6 Å². The minimum Gasteiger partial charge on any atom is -0.392 e. The van der Waals surface area contributed by atoms with Crippen LogP contribution in [0.5, 0.6) is 0 Å². The van der Waals surface area contributed by atoms with Crippen LogP contribution < -0.4 is 0 Å². The number of Topliss-reactive ketones (excluding diaryl/α,β-unsaturated/α-hetero) is 2. The van der Waals surface area contributed by atoms with Crippen molar-refractivity contribution in [2.45, 2.75) is 50.8 Å². The van der Waals surface area contributed by atoms with Crippen LogP contribution in [-0.2, 0) is 9.59 Å². The number of carbonyl (C=O) groups excluding carboxylic acids is 2. The summed E-state index contributed by atoms with van der Waals surface area (Å²) < 4.78 is 0. The van der Waals surface area contributed by atoms with Gasteiger partial charge in [0.05, 0.1) is 12.0 Å². The van der Waals surface area contributed by atoms with E-state index in [2.05, 4.69) is 18.4 Å². The molecule has 0 amide bonds. The Balaban J connectivity index is 1.57. The highest BCUT2D eigenvalue weighted by atomic mass is 16.3. The Morgan fingerprint density at radius 3 is 2.83 bits per heavy atom. The maximum absolute atomic E-state index is 13.5. The molecule has 0 aromatic heterocycles. The molecule has 126 valence electrons. The molecule has 2 spiro atoms. The molecule has 3 saturated heterocycles. The molecule has 9 fully saturated rings. The van der Waals surface area contributed by atoms with Crippen molar-refractivity contribution in [3.05, 3.63) is 12.2 Å². The van der Waals surface area contributed by atoms with Crippen LogP contribution in [0.4, 0.5) is 0 Å². The molecule has 24 heavy (non-hydrogen) atoms. The monoisotopic (exact) mass is 325 g/mol. The zero-order valence-electron chi connectivity index (χ0n) is 14.0.